The Kier molecular flexibility index (Phi) is 14.1. The maximum atomic E-state index is 14.1. The van der Waals surface area contributed by atoms with Gasteiger partial charge in [-0.1, -0.05) is 13.8 Å². The fourth-order valence-corrected chi connectivity index (χ4v) is 8.68. The third-order valence-electron chi connectivity index (χ3n) is 12.6. The van der Waals surface area contributed by atoms with Crippen molar-refractivity contribution < 1.29 is 58.0 Å². The van der Waals surface area contributed by atoms with E-state index in [9.17, 15) is 20.1 Å². The van der Waals surface area contributed by atoms with Crippen LogP contribution >= 0.6 is 0 Å². The molecule has 4 rings (SSSR count). The highest BCUT2D eigenvalue weighted by Gasteiger charge is 2.69. The molecule has 298 valence electrons. The maximum Gasteiger partial charge on any atom is 0.311 e. The fourth-order valence-electron chi connectivity index (χ4n) is 8.68. The lowest BCUT2D eigenvalue weighted by Crippen LogP contribution is -2.61. The lowest BCUT2D eigenvalue weighted by molar-refractivity contribution is -0.320. The molecule has 3 heterocycles. The number of aliphatic hydroxyl groups is 3. The van der Waals surface area contributed by atoms with E-state index in [1.165, 1.54) is 0 Å². The molecule has 0 spiro atoms. The van der Waals surface area contributed by atoms with Crippen LogP contribution in [0.5, 0.6) is 0 Å². The van der Waals surface area contributed by atoms with E-state index in [2.05, 4.69) is 10.2 Å². The minimum Gasteiger partial charge on any atom is -0.458 e. The van der Waals surface area contributed by atoms with Gasteiger partial charge in [0.1, 0.15) is 30.0 Å². The van der Waals surface area contributed by atoms with Crippen molar-refractivity contribution in [3.63, 3.8) is 0 Å². The van der Waals surface area contributed by atoms with Crippen molar-refractivity contribution in [1.82, 2.24) is 10.2 Å². The zero-order chi connectivity index (χ0) is 38.2. The molecule has 18 atom stereocenters. The largest absolute Gasteiger partial charge is 0.458 e. The second-order valence-electron chi connectivity index (χ2n) is 16.4. The van der Waals surface area contributed by atoms with Gasteiger partial charge < -0.3 is 63.4 Å². The van der Waals surface area contributed by atoms with Gasteiger partial charge in [0.15, 0.2) is 12.6 Å². The SMILES string of the molecule is CO[C@H]1[C@H](O[C@@H]2[C@@H](C)[C@H](O[C@H]3C[C@@](C)(OC)[C@@H](O)[C@H](C)O3)[C@@H](C)C(=O)O[C@@H]3C(C)[C@]3(O)[C@H](O)[C@@H](C)NCCC[C@]2(C)OC)O[C@H](C)C[C@@H]1N(C)C. The molecule has 0 aromatic heterocycles. The molecule has 0 aromatic rings. The molecule has 1 unspecified atom stereocenters. The minimum atomic E-state index is -1.60. The molecule has 0 radical (unpaired) electrons. The van der Waals surface area contributed by atoms with Gasteiger partial charge in [-0.25, -0.2) is 0 Å². The van der Waals surface area contributed by atoms with Crippen LogP contribution < -0.4 is 5.32 Å². The second-order valence-corrected chi connectivity index (χ2v) is 16.4. The molecule has 0 amide bonds. The number of likely N-dealkylation sites (N-methyl/N-ethyl adjacent to an activating group) is 1. The summed E-state index contributed by atoms with van der Waals surface area (Å²) in [6.07, 6.45) is -5.20. The summed E-state index contributed by atoms with van der Waals surface area (Å²) < 4.78 is 50.6. The number of esters is 1. The first-order valence-corrected chi connectivity index (χ1v) is 18.7. The van der Waals surface area contributed by atoms with Gasteiger partial charge in [-0.3, -0.25) is 4.79 Å². The van der Waals surface area contributed by atoms with Crippen LogP contribution in [0, 0.1) is 17.8 Å². The minimum absolute atomic E-state index is 0.0164. The number of nitrogens with one attached hydrogen (secondary N) is 1. The quantitative estimate of drug-likeness (QED) is 0.267. The molecule has 0 bridgehead atoms. The molecule has 14 nitrogen and oxygen atoms in total. The molecule has 51 heavy (non-hydrogen) atoms. The van der Waals surface area contributed by atoms with Crippen LogP contribution in [0.15, 0.2) is 0 Å². The Morgan fingerprint density at radius 1 is 0.902 bits per heavy atom. The molecule has 1 saturated carbocycles. The van der Waals surface area contributed by atoms with E-state index in [1.54, 1.807) is 42.1 Å². The topological polar surface area (TPSA) is 167 Å². The second kappa shape index (κ2) is 16.8. The number of carbonyl (C=O) groups is 1. The van der Waals surface area contributed by atoms with E-state index < -0.39 is 102 Å². The first-order valence-electron chi connectivity index (χ1n) is 18.7. The van der Waals surface area contributed by atoms with E-state index in [0.717, 1.165) is 6.42 Å². The number of methoxy groups -OCH3 is 3. The molecular weight excluding hydrogens is 664 g/mol. The van der Waals surface area contributed by atoms with E-state index in [-0.39, 0.29) is 18.6 Å². The van der Waals surface area contributed by atoms with E-state index in [0.29, 0.717) is 19.4 Å². The average molecular weight is 733 g/mol. The number of aliphatic hydroxyl groups excluding tert-OH is 2. The van der Waals surface area contributed by atoms with Gasteiger partial charge in [0, 0.05) is 51.7 Å². The molecule has 14 heteroatoms. The van der Waals surface area contributed by atoms with E-state index in [4.69, 9.17) is 37.9 Å². The maximum absolute atomic E-state index is 14.1. The summed E-state index contributed by atoms with van der Waals surface area (Å²) in [5, 5.41) is 37.0. The third kappa shape index (κ3) is 8.63. The van der Waals surface area contributed by atoms with Gasteiger partial charge in [0.2, 0.25) is 0 Å². The molecular formula is C37H68N2O12. The number of hydrogen-bond donors (Lipinski definition) is 4. The summed E-state index contributed by atoms with van der Waals surface area (Å²) in [5.74, 6) is -2.49. The molecule has 3 aliphatic heterocycles. The van der Waals surface area contributed by atoms with Crippen LogP contribution in [0.2, 0.25) is 0 Å². The number of hydrogen-bond acceptors (Lipinski definition) is 14. The lowest BCUT2D eigenvalue weighted by Gasteiger charge is -2.49. The Morgan fingerprint density at radius 2 is 1.55 bits per heavy atom. The van der Waals surface area contributed by atoms with Crippen molar-refractivity contribution in [2.24, 2.45) is 17.8 Å². The highest BCUT2D eigenvalue weighted by atomic mass is 16.7. The van der Waals surface area contributed by atoms with Crippen molar-refractivity contribution >= 4 is 5.97 Å². The number of fused-ring (bicyclic) bond motifs is 1. The predicted molar refractivity (Wildman–Crippen MR) is 188 cm³/mol. The molecule has 4 N–H and O–H groups in total. The van der Waals surface area contributed by atoms with Crippen LogP contribution in [0.25, 0.3) is 0 Å². The predicted octanol–water partition coefficient (Wildman–Crippen LogP) is 1.84. The van der Waals surface area contributed by atoms with Crippen molar-refractivity contribution in [1.29, 1.82) is 0 Å². The van der Waals surface area contributed by atoms with Gasteiger partial charge in [0.25, 0.3) is 0 Å². The first-order chi connectivity index (χ1) is 23.8. The fraction of sp³-hybridized carbons (Fsp3) is 0.973. The zero-order valence-corrected chi connectivity index (χ0v) is 33.2. The molecule has 4 aliphatic rings. The third-order valence-corrected chi connectivity index (χ3v) is 12.6. The summed E-state index contributed by atoms with van der Waals surface area (Å²) in [7, 11) is 8.86. The molecule has 3 saturated heterocycles. The first kappa shape index (κ1) is 42.7. The normalized spacial score (nSPS) is 50.5. The summed E-state index contributed by atoms with van der Waals surface area (Å²) in [6.45, 7) is 15.3. The van der Waals surface area contributed by atoms with Gasteiger partial charge in [-0.05, 0) is 81.4 Å². The summed E-state index contributed by atoms with van der Waals surface area (Å²) in [4.78, 5) is 16.2. The van der Waals surface area contributed by atoms with Crippen molar-refractivity contribution in [2.45, 2.75) is 171 Å². The summed E-state index contributed by atoms with van der Waals surface area (Å²) in [6, 6.07) is -0.458. The van der Waals surface area contributed by atoms with Gasteiger partial charge in [-0.2, -0.15) is 0 Å². The number of rotatable bonds is 8. The Bertz CT molecular complexity index is 1150. The van der Waals surface area contributed by atoms with Crippen molar-refractivity contribution in [3.8, 4) is 0 Å². The number of carbonyl (C=O) groups excluding carboxylic acids is 1. The summed E-state index contributed by atoms with van der Waals surface area (Å²) in [5.41, 5.74) is -3.48. The standard InChI is InChI=1S/C37H68N2O12/c1-19-17-25(39(9)10)28(44-11)34(47-19)51-31-20(2)27(49-26-18-36(8,46-13)30(41)24(6)48-26)21(3)33(42)50-32-22(4)37(32,43)29(40)23(5)38-16-14-15-35(31,7)45-12/h19-32,34,38,40-41,43H,14-18H2,1-13H3/t19-,20+,21-,22?,23-,24+,25+,26+,27+,28-,29-,30+,31-,32-,34+,35+,36-,37+/m1/s1. The Balaban J connectivity index is 1.78. The number of nitrogens with zero attached hydrogens (tertiary/aromatic N) is 1. The van der Waals surface area contributed by atoms with Gasteiger partial charge in [0.05, 0.1) is 41.5 Å². The van der Waals surface area contributed by atoms with Gasteiger partial charge in [-0.15, -0.1) is 0 Å². The monoisotopic (exact) mass is 732 g/mol. The molecule has 4 fully saturated rings. The van der Waals surface area contributed by atoms with Crippen LogP contribution in [0.4, 0.5) is 0 Å². The zero-order valence-electron chi connectivity index (χ0n) is 33.2. The Hall–Kier alpha value is -1.01. The van der Waals surface area contributed by atoms with Crippen LogP contribution in [0.1, 0.15) is 81.1 Å². The molecule has 1 aliphatic carbocycles. The molecule has 0 aromatic carbocycles. The number of ether oxygens (including phenoxy) is 8. The van der Waals surface area contributed by atoms with Crippen molar-refractivity contribution in [3.05, 3.63) is 0 Å². The lowest BCUT2D eigenvalue weighted by atomic mass is 9.79. The smallest absolute Gasteiger partial charge is 0.311 e. The van der Waals surface area contributed by atoms with E-state index >= 15 is 0 Å². The van der Waals surface area contributed by atoms with Crippen LogP contribution in [-0.2, 0) is 42.7 Å². The average Bonchev–Trinajstić information content (AvgIpc) is 3.62. The summed E-state index contributed by atoms with van der Waals surface area (Å²) >= 11 is 0. The Morgan fingerprint density at radius 3 is 2.14 bits per heavy atom. The van der Waals surface area contributed by atoms with Crippen molar-refractivity contribution in [2.75, 3.05) is 42.0 Å². The van der Waals surface area contributed by atoms with E-state index in [1.807, 2.05) is 48.7 Å². The highest BCUT2D eigenvalue weighted by molar-refractivity contribution is 5.73. The Labute approximate surface area is 305 Å². The highest BCUT2D eigenvalue weighted by Crippen LogP contribution is 2.50. The van der Waals surface area contributed by atoms with Gasteiger partial charge >= 0.3 is 5.97 Å². The van der Waals surface area contributed by atoms with Crippen LogP contribution in [-0.4, -0.2) is 158 Å². The van der Waals surface area contributed by atoms with Crippen LogP contribution in [0.3, 0.4) is 0 Å².